The lowest BCUT2D eigenvalue weighted by molar-refractivity contribution is 0.128. The Hall–Kier alpha value is -1.56. The third kappa shape index (κ3) is 9.39. The van der Waals surface area contributed by atoms with Crippen LogP contribution in [0.15, 0.2) is 23.5 Å². The number of aryl methyl sites for hydroxylation is 1. The van der Waals surface area contributed by atoms with Gasteiger partial charge >= 0.3 is 0 Å². The summed E-state index contributed by atoms with van der Waals surface area (Å²) in [7, 11) is 0. The molecule has 1 aromatic rings. The average Bonchev–Trinajstić information content (AvgIpc) is 3.00. The SMILES string of the molecule is CCNC(=NCCCn1cccn1)NCCOCCC(C)C. The van der Waals surface area contributed by atoms with Crippen LogP contribution in [0, 0.1) is 5.92 Å². The van der Waals surface area contributed by atoms with Crippen LogP contribution >= 0.6 is 0 Å². The first-order chi connectivity index (χ1) is 10.7. The molecule has 0 saturated heterocycles. The van der Waals surface area contributed by atoms with E-state index in [0.29, 0.717) is 12.5 Å². The minimum Gasteiger partial charge on any atom is -0.380 e. The van der Waals surface area contributed by atoms with Crippen molar-refractivity contribution in [2.24, 2.45) is 10.9 Å². The molecule has 2 N–H and O–H groups in total. The minimum atomic E-state index is 0.696. The topological polar surface area (TPSA) is 63.5 Å². The molecule has 126 valence electrons. The predicted molar refractivity (Wildman–Crippen MR) is 91.1 cm³/mol. The van der Waals surface area contributed by atoms with Crippen LogP contribution in [-0.2, 0) is 11.3 Å². The molecule has 1 rings (SSSR count). The molecule has 0 unspecified atom stereocenters. The zero-order chi connectivity index (χ0) is 16.0. The molecule has 0 aliphatic carbocycles. The Bertz CT molecular complexity index is 389. The number of aliphatic imine (C=N–C) groups is 1. The number of ether oxygens (including phenoxy) is 1. The highest BCUT2D eigenvalue weighted by Crippen LogP contribution is 1.98. The van der Waals surface area contributed by atoms with Crippen molar-refractivity contribution in [1.29, 1.82) is 0 Å². The van der Waals surface area contributed by atoms with Gasteiger partial charge in [0.15, 0.2) is 5.96 Å². The van der Waals surface area contributed by atoms with E-state index < -0.39 is 0 Å². The normalized spacial score (nSPS) is 11.9. The van der Waals surface area contributed by atoms with Gasteiger partial charge in [-0.25, -0.2) is 0 Å². The smallest absolute Gasteiger partial charge is 0.191 e. The fourth-order valence-corrected chi connectivity index (χ4v) is 1.86. The van der Waals surface area contributed by atoms with Crippen molar-refractivity contribution in [3.63, 3.8) is 0 Å². The molecule has 6 nitrogen and oxygen atoms in total. The summed E-state index contributed by atoms with van der Waals surface area (Å²) in [4.78, 5) is 4.56. The molecule has 0 radical (unpaired) electrons. The molecule has 22 heavy (non-hydrogen) atoms. The molecule has 0 spiro atoms. The van der Waals surface area contributed by atoms with Gasteiger partial charge in [0.1, 0.15) is 0 Å². The molecule has 0 aliphatic rings. The fourth-order valence-electron chi connectivity index (χ4n) is 1.86. The lowest BCUT2D eigenvalue weighted by atomic mass is 10.1. The lowest BCUT2D eigenvalue weighted by Gasteiger charge is -2.12. The van der Waals surface area contributed by atoms with Crippen molar-refractivity contribution < 1.29 is 4.74 Å². The summed E-state index contributed by atoms with van der Waals surface area (Å²) in [5.41, 5.74) is 0. The van der Waals surface area contributed by atoms with Crippen molar-refractivity contribution in [2.45, 2.75) is 40.2 Å². The second-order valence-electron chi connectivity index (χ2n) is 5.61. The van der Waals surface area contributed by atoms with Crippen molar-refractivity contribution in [3.05, 3.63) is 18.5 Å². The first-order valence-corrected chi connectivity index (χ1v) is 8.29. The van der Waals surface area contributed by atoms with E-state index in [9.17, 15) is 0 Å². The standard InChI is InChI=1S/C16H31N5O/c1-4-17-16(19-10-14-22-13-7-15(2)3)18-8-5-11-21-12-6-9-20-21/h6,9,12,15H,4-5,7-8,10-11,13-14H2,1-3H3,(H2,17,18,19). The van der Waals surface area contributed by atoms with Gasteiger partial charge in [-0.3, -0.25) is 9.67 Å². The predicted octanol–water partition coefficient (Wildman–Crippen LogP) is 1.89. The van der Waals surface area contributed by atoms with Crippen LogP contribution in [-0.4, -0.2) is 48.6 Å². The van der Waals surface area contributed by atoms with Crippen molar-refractivity contribution in [1.82, 2.24) is 20.4 Å². The maximum Gasteiger partial charge on any atom is 0.191 e. The Morgan fingerprint density at radius 2 is 2.18 bits per heavy atom. The first kappa shape index (κ1) is 18.5. The summed E-state index contributed by atoms with van der Waals surface area (Å²) in [6.07, 6.45) is 5.86. The summed E-state index contributed by atoms with van der Waals surface area (Å²) >= 11 is 0. The van der Waals surface area contributed by atoms with Crippen LogP contribution in [0.4, 0.5) is 0 Å². The molecule has 0 amide bonds. The van der Waals surface area contributed by atoms with E-state index in [1.54, 1.807) is 6.20 Å². The Morgan fingerprint density at radius 3 is 2.86 bits per heavy atom. The molecule has 6 heteroatoms. The van der Waals surface area contributed by atoms with Crippen LogP contribution in [0.1, 0.15) is 33.6 Å². The molecule has 1 heterocycles. The van der Waals surface area contributed by atoms with Crippen LogP contribution in [0.5, 0.6) is 0 Å². The summed E-state index contributed by atoms with van der Waals surface area (Å²) in [6, 6.07) is 1.94. The number of nitrogens with one attached hydrogen (secondary N) is 2. The maximum absolute atomic E-state index is 5.59. The van der Waals surface area contributed by atoms with Gasteiger partial charge in [0.2, 0.25) is 0 Å². The Morgan fingerprint density at radius 1 is 1.32 bits per heavy atom. The second kappa shape index (κ2) is 12.0. The Kier molecular flexibility index (Phi) is 10.1. The van der Waals surface area contributed by atoms with Gasteiger partial charge in [0, 0.05) is 45.2 Å². The second-order valence-corrected chi connectivity index (χ2v) is 5.61. The number of guanidine groups is 1. The van der Waals surface area contributed by atoms with Gasteiger partial charge < -0.3 is 15.4 Å². The van der Waals surface area contributed by atoms with Gasteiger partial charge in [-0.1, -0.05) is 13.8 Å². The van der Waals surface area contributed by atoms with E-state index >= 15 is 0 Å². The zero-order valence-electron chi connectivity index (χ0n) is 14.2. The van der Waals surface area contributed by atoms with Gasteiger partial charge in [-0.15, -0.1) is 0 Å². The maximum atomic E-state index is 5.59. The van der Waals surface area contributed by atoms with E-state index in [1.165, 1.54) is 0 Å². The lowest BCUT2D eigenvalue weighted by Crippen LogP contribution is -2.39. The van der Waals surface area contributed by atoms with Gasteiger partial charge in [0.25, 0.3) is 0 Å². The summed E-state index contributed by atoms with van der Waals surface area (Å²) in [5.74, 6) is 1.55. The van der Waals surface area contributed by atoms with E-state index in [0.717, 1.165) is 51.6 Å². The van der Waals surface area contributed by atoms with E-state index in [4.69, 9.17) is 4.74 Å². The van der Waals surface area contributed by atoms with E-state index in [-0.39, 0.29) is 0 Å². The molecular weight excluding hydrogens is 278 g/mol. The molecule has 0 fully saturated rings. The van der Waals surface area contributed by atoms with Gasteiger partial charge in [-0.2, -0.15) is 5.10 Å². The zero-order valence-corrected chi connectivity index (χ0v) is 14.2. The summed E-state index contributed by atoms with van der Waals surface area (Å²) in [5, 5.41) is 10.7. The van der Waals surface area contributed by atoms with Crippen LogP contribution < -0.4 is 10.6 Å². The van der Waals surface area contributed by atoms with E-state index in [1.807, 2.05) is 16.9 Å². The highest BCUT2D eigenvalue weighted by atomic mass is 16.5. The Balaban J connectivity index is 2.12. The third-order valence-corrected chi connectivity index (χ3v) is 3.10. The Labute approximate surface area is 134 Å². The minimum absolute atomic E-state index is 0.696. The molecule has 1 aromatic heterocycles. The van der Waals surface area contributed by atoms with Crippen LogP contribution in [0.2, 0.25) is 0 Å². The molecule has 0 aliphatic heterocycles. The number of aromatic nitrogens is 2. The van der Waals surface area contributed by atoms with Crippen molar-refractivity contribution in [2.75, 3.05) is 32.8 Å². The largest absolute Gasteiger partial charge is 0.380 e. The third-order valence-electron chi connectivity index (χ3n) is 3.10. The quantitative estimate of drug-likeness (QED) is 0.372. The van der Waals surface area contributed by atoms with Gasteiger partial charge in [-0.05, 0) is 31.7 Å². The number of nitrogens with zero attached hydrogens (tertiary/aromatic N) is 3. The average molecular weight is 309 g/mol. The highest BCUT2D eigenvalue weighted by Gasteiger charge is 1.98. The fraction of sp³-hybridized carbons (Fsp3) is 0.750. The highest BCUT2D eigenvalue weighted by molar-refractivity contribution is 5.79. The molecule has 0 saturated carbocycles. The molecule has 0 aromatic carbocycles. The number of rotatable bonds is 11. The summed E-state index contributed by atoms with van der Waals surface area (Å²) in [6.45, 7) is 11.4. The molecule has 0 atom stereocenters. The summed E-state index contributed by atoms with van der Waals surface area (Å²) < 4.78 is 7.52. The molecule has 0 bridgehead atoms. The molecular formula is C16H31N5O. The first-order valence-electron chi connectivity index (χ1n) is 8.29. The number of hydrogen-bond acceptors (Lipinski definition) is 3. The van der Waals surface area contributed by atoms with Crippen LogP contribution in [0.25, 0.3) is 0 Å². The van der Waals surface area contributed by atoms with Crippen LogP contribution in [0.3, 0.4) is 0 Å². The van der Waals surface area contributed by atoms with Crippen molar-refractivity contribution >= 4 is 5.96 Å². The van der Waals surface area contributed by atoms with Gasteiger partial charge in [0.05, 0.1) is 6.61 Å². The monoisotopic (exact) mass is 309 g/mol. The van der Waals surface area contributed by atoms with E-state index in [2.05, 4.69) is 41.5 Å². The van der Waals surface area contributed by atoms with Crippen molar-refractivity contribution in [3.8, 4) is 0 Å². The number of hydrogen-bond donors (Lipinski definition) is 2.